The third-order valence-electron chi connectivity index (χ3n) is 4.38. The molecule has 2 N–H and O–H groups in total. The van der Waals surface area contributed by atoms with Crippen molar-refractivity contribution in [2.24, 2.45) is 0 Å². The third kappa shape index (κ3) is 5.84. The molecule has 0 saturated carbocycles. The molecule has 0 radical (unpaired) electrons. The average Bonchev–Trinajstić information content (AvgIpc) is 2.60. The van der Waals surface area contributed by atoms with Gasteiger partial charge in [0.15, 0.2) is 0 Å². The van der Waals surface area contributed by atoms with Crippen molar-refractivity contribution < 1.29 is 9.53 Å². The van der Waals surface area contributed by atoms with Gasteiger partial charge in [-0.3, -0.25) is 4.90 Å². The lowest BCUT2D eigenvalue weighted by atomic mass is 10.1. The summed E-state index contributed by atoms with van der Waals surface area (Å²) in [7, 11) is 0. The molecule has 0 bridgehead atoms. The number of carbonyl (C=O) groups is 1. The molecule has 0 atom stereocenters. The number of hydrogen-bond acceptors (Lipinski definition) is 3. The van der Waals surface area contributed by atoms with Crippen molar-refractivity contribution in [3.05, 3.63) is 35.4 Å². The Balaban J connectivity index is 1.88. The van der Waals surface area contributed by atoms with E-state index in [1.54, 1.807) is 0 Å². The molecule has 0 aromatic heterocycles. The largest absolute Gasteiger partial charge is 0.379 e. The smallest absolute Gasteiger partial charge is 0.315 e. The summed E-state index contributed by atoms with van der Waals surface area (Å²) in [4.78, 5) is 14.4. The zero-order valence-corrected chi connectivity index (χ0v) is 14.3. The molecule has 5 nitrogen and oxygen atoms in total. The SMILES string of the molecule is CCC(CC)NC(=O)NCc1ccccc1CN1CCOCC1. The van der Waals surface area contributed by atoms with Crippen LogP contribution in [-0.4, -0.2) is 43.3 Å². The molecule has 0 aliphatic carbocycles. The van der Waals surface area contributed by atoms with Gasteiger partial charge in [0.1, 0.15) is 0 Å². The second-order valence-corrected chi connectivity index (χ2v) is 6.00. The van der Waals surface area contributed by atoms with Gasteiger partial charge >= 0.3 is 6.03 Å². The van der Waals surface area contributed by atoms with E-state index in [0.29, 0.717) is 6.54 Å². The highest BCUT2D eigenvalue weighted by Gasteiger charge is 2.13. The van der Waals surface area contributed by atoms with Crippen LogP contribution in [0.5, 0.6) is 0 Å². The van der Waals surface area contributed by atoms with E-state index in [1.807, 2.05) is 6.07 Å². The second kappa shape index (κ2) is 9.53. The number of hydrogen-bond donors (Lipinski definition) is 2. The topological polar surface area (TPSA) is 53.6 Å². The highest BCUT2D eigenvalue weighted by Crippen LogP contribution is 2.13. The van der Waals surface area contributed by atoms with Crippen molar-refractivity contribution >= 4 is 6.03 Å². The fraction of sp³-hybridized carbons (Fsp3) is 0.611. The Morgan fingerprint density at radius 3 is 2.48 bits per heavy atom. The Bertz CT molecular complexity index is 483. The molecule has 1 aromatic rings. The quantitative estimate of drug-likeness (QED) is 0.812. The highest BCUT2D eigenvalue weighted by atomic mass is 16.5. The van der Waals surface area contributed by atoms with E-state index < -0.39 is 0 Å². The summed E-state index contributed by atoms with van der Waals surface area (Å²) in [5, 5.41) is 5.99. The lowest BCUT2D eigenvalue weighted by Crippen LogP contribution is -2.41. The molecule has 2 amide bonds. The van der Waals surface area contributed by atoms with Crippen molar-refractivity contribution in [2.45, 2.75) is 45.8 Å². The Morgan fingerprint density at radius 2 is 1.83 bits per heavy atom. The minimum atomic E-state index is -0.0834. The standard InChI is InChI=1S/C18H29N3O2/c1-3-17(4-2)20-18(22)19-13-15-7-5-6-8-16(15)14-21-9-11-23-12-10-21/h5-8,17H,3-4,9-14H2,1-2H3,(H2,19,20,22). The fourth-order valence-corrected chi connectivity index (χ4v) is 2.79. The molecule has 23 heavy (non-hydrogen) atoms. The fourth-order valence-electron chi connectivity index (χ4n) is 2.79. The molecular weight excluding hydrogens is 290 g/mol. The molecule has 1 heterocycles. The first kappa shape index (κ1) is 17.8. The van der Waals surface area contributed by atoms with Gasteiger partial charge in [-0.15, -0.1) is 0 Å². The van der Waals surface area contributed by atoms with Gasteiger partial charge in [-0.1, -0.05) is 38.1 Å². The van der Waals surface area contributed by atoms with Crippen LogP contribution < -0.4 is 10.6 Å². The number of ether oxygens (including phenoxy) is 1. The predicted molar refractivity (Wildman–Crippen MR) is 92.3 cm³/mol. The predicted octanol–water partition coefficient (Wildman–Crippen LogP) is 2.51. The van der Waals surface area contributed by atoms with Crippen LogP contribution in [0.2, 0.25) is 0 Å². The van der Waals surface area contributed by atoms with Crippen LogP contribution in [0.25, 0.3) is 0 Å². The van der Waals surface area contributed by atoms with E-state index in [4.69, 9.17) is 4.74 Å². The van der Waals surface area contributed by atoms with Gasteiger partial charge in [0.25, 0.3) is 0 Å². The van der Waals surface area contributed by atoms with E-state index in [1.165, 1.54) is 11.1 Å². The van der Waals surface area contributed by atoms with E-state index >= 15 is 0 Å². The van der Waals surface area contributed by atoms with Crippen molar-refractivity contribution in [2.75, 3.05) is 26.3 Å². The van der Waals surface area contributed by atoms with Crippen LogP contribution in [0.1, 0.15) is 37.8 Å². The molecule has 2 rings (SSSR count). The summed E-state index contributed by atoms with van der Waals surface area (Å²) in [6.45, 7) is 9.20. The van der Waals surface area contributed by atoms with Crippen molar-refractivity contribution in [3.8, 4) is 0 Å². The maximum atomic E-state index is 12.0. The summed E-state index contributed by atoms with van der Waals surface area (Å²) < 4.78 is 5.40. The van der Waals surface area contributed by atoms with Crippen molar-refractivity contribution in [3.63, 3.8) is 0 Å². The van der Waals surface area contributed by atoms with Gasteiger partial charge in [-0.05, 0) is 24.0 Å². The maximum Gasteiger partial charge on any atom is 0.315 e. The summed E-state index contributed by atoms with van der Waals surface area (Å²) in [6.07, 6.45) is 1.91. The summed E-state index contributed by atoms with van der Waals surface area (Å²) in [5.74, 6) is 0. The first-order valence-electron chi connectivity index (χ1n) is 8.64. The Hall–Kier alpha value is -1.59. The van der Waals surface area contributed by atoms with Gasteiger partial charge in [0.2, 0.25) is 0 Å². The lowest BCUT2D eigenvalue weighted by molar-refractivity contribution is 0.0341. The van der Waals surface area contributed by atoms with Gasteiger partial charge < -0.3 is 15.4 Å². The number of carbonyl (C=O) groups excluding carboxylic acids is 1. The molecule has 1 aliphatic heterocycles. The summed E-state index contributed by atoms with van der Waals surface area (Å²) in [5.41, 5.74) is 2.45. The highest BCUT2D eigenvalue weighted by molar-refractivity contribution is 5.74. The number of morpholine rings is 1. The lowest BCUT2D eigenvalue weighted by Gasteiger charge is -2.27. The summed E-state index contributed by atoms with van der Waals surface area (Å²) in [6, 6.07) is 8.49. The average molecular weight is 319 g/mol. The summed E-state index contributed by atoms with van der Waals surface area (Å²) >= 11 is 0. The Kier molecular flexibility index (Phi) is 7.36. The van der Waals surface area contributed by atoms with E-state index in [-0.39, 0.29) is 12.1 Å². The number of benzene rings is 1. The molecule has 1 fully saturated rings. The van der Waals surface area contributed by atoms with Crippen LogP contribution in [0.15, 0.2) is 24.3 Å². The van der Waals surface area contributed by atoms with E-state index in [9.17, 15) is 4.79 Å². The van der Waals surface area contributed by atoms with Crippen molar-refractivity contribution in [1.82, 2.24) is 15.5 Å². The number of nitrogens with one attached hydrogen (secondary N) is 2. The van der Waals surface area contributed by atoms with Gasteiger partial charge in [-0.2, -0.15) is 0 Å². The molecule has 5 heteroatoms. The number of urea groups is 1. The zero-order valence-electron chi connectivity index (χ0n) is 14.3. The van der Waals surface area contributed by atoms with Crippen LogP contribution in [-0.2, 0) is 17.8 Å². The Morgan fingerprint density at radius 1 is 1.17 bits per heavy atom. The minimum Gasteiger partial charge on any atom is -0.379 e. The molecule has 0 spiro atoms. The van der Waals surface area contributed by atoms with Gasteiger partial charge in [-0.25, -0.2) is 4.79 Å². The number of amides is 2. The molecular formula is C18H29N3O2. The first-order valence-corrected chi connectivity index (χ1v) is 8.64. The van der Waals surface area contributed by atoms with Crippen LogP contribution in [0.4, 0.5) is 4.79 Å². The maximum absolute atomic E-state index is 12.0. The third-order valence-corrected chi connectivity index (χ3v) is 4.38. The zero-order chi connectivity index (χ0) is 16.5. The molecule has 128 valence electrons. The normalized spacial score (nSPS) is 15.6. The number of nitrogens with zero attached hydrogens (tertiary/aromatic N) is 1. The molecule has 1 aromatic carbocycles. The number of rotatable bonds is 7. The van der Waals surface area contributed by atoms with Gasteiger partial charge in [0, 0.05) is 32.2 Å². The van der Waals surface area contributed by atoms with Crippen LogP contribution in [0, 0.1) is 0 Å². The van der Waals surface area contributed by atoms with Crippen LogP contribution in [0.3, 0.4) is 0 Å². The van der Waals surface area contributed by atoms with Gasteiger partial charge in [0.05, 0.1) is 13.2 Å². The van der Waals surface area contributed by atoms with Crippen molar-refractivity contribution in [1.29, 1.82) is 0 Å². The molecule has 0 unspecified atom stereocenters. The van der Waals surface area contributed by atoms with Crippen LogP contribution >= 0.6 is 0 Å². The van der Waals surface area contributed by atoms with E-state index in [0.717, 1.165) is 45.7 Å². The minimum absolute atomic E-state index is 0.0834. The van der Waals surface area contributed by atoms with E-state index in [2.05, 4.69) is 47.6 Å². The Labute approximate surface area is 139 Å². The first-order chi connectivity index (χ1) is 11.2. The monoisotopic (exact) mass is 319 g/mol. The molecule has 1 saturated heterocycles. The molecule has 1 aliphatic rings. The second-order valence-electron chi connectivity index (χ2n) is 6.00.